The van der Waals surface area contributed by atoms with Crippen molar-refractivity contribution in [1.82, 2.24) is 5.32 Å². The van der Waals surface area contributed by atoms with Gasteiger partial charge in [-0.25, -0.2) is 0 Å². The molecule has 90 valence electrons. The van der Waals surface area contributed by atoms with E-state index < -0.39 is 0 Å². The van der Waals surface area contributed by atoms with E-state index in [-0.39, 0.29) is 6.04 Å². The van der Waals surface area contributed by atoms with Crippen LogP contribution in [-0.4, -0.2) is 25.7 Å². The van der Waals surface area contributed by atoms with Crippen LogP contribution < -0.4 is 10.2 Å². The van der Waals surface area contributed by atoms with Crippen LogP contribution in [0.4, 0.5) is 5.69 Å². The highest BCUT2D eigenvalue weighted by Crippen LogP contribution is 2.23. The van der Waals surface area contributed by atoms with Gasteiger partial charge in [0.1, 0.15) is 0 Å². The van der Waals surface area contributed by atoms with Gasteiger partial charge in [-0.3, -0.25) is 0 Å². The van der Waals surface area contributed by atoms with Gasteiger partial charge in [-0.1, -0.05) is 22.0 Å². The summed E-state index contributed by atoms with van der Waals surface area (Å²) < 4.78 is 1.09. The molecule has 3 nitrogen and oxygen atoms in total. The number of nitriles is 1. The van der Waals surface area contributed by atoms with Crippen LogP contribution in [0.1, 0.15) is 12.8 Å². The van der Waals surface area contributed by atoms with Gasteiger partial charge in [0.15, 0.2) is 0 Å². The van der Waals surface area contributed by atoms with Gasteiger partial charge in [0, 0.05) is 23.2 Å². The Balaban J connectivity index is 2.22. The van der Waals surface area contributed by atoms with Crippen molar-refractivity contribution >= 4 is 21.6 Å². The summed E-state index contributed by atoms with van der Waals surface area (Å²) in [6.07, 6.45) is 1.69. The van der Waals surface area contributed by atoms with Crippen LogP contribution in [0.5, 0.6) is 0 Å². The molecule has 0 radical (unpaired) electrons. The van der Waals surface area contributed by atoms with Crippen molar-refractivity contribution in [2.45, 2.75) is 18.9 Å². The zero-order valence-corrected chi connectivity index (χ0v) is 11.3. The quantitative estimate of drug-likeness (QED) is 0.911. The number of anilines is 1. The molecular formula is C13H16BrN3. The SMILES string of the molecule is N#CCC1CNCCCN1c1cccc(Br)c1. The van der Waals surface area contributed by atoms with Crippen LogP contribution in [0, 0.1) is 11.3 Å². The fourth-order valence-corrected chi connectivity index (χ4v) is 2.61. The zero-order chi connectivity index (χ0) is 12.1. The predicted octanol–water partition coefficient (Wildman–Crippen LogP) is 2.53. The lowest BCUT2D eigenvalue weighted by Gasteiger charge is -2.30. The average Bonchev–Trinajstić information content (AvgIpc) is 2.55. The van der Waals surface area contributed by atoms with Crippen molar-refractivity contribution < 1.29 is 0 Å². The number of rotatable bonds is 2. The topological polar surface area (TPSA) is 39.1 Å². The maximum absolute atomic E-state index is 8.92. The molecule has 0 aromatic heterocycles. The van der Waals surface area contributed by atoms with Crippen LogP contribution >= 0.6 is 15.9 Å². The minimum absolute atomic E-state index is 0.275. The number of nitrogens with one attached hydrogen (secondary N) is 1. The number of nitrogens with zero attached hydrogens (tertiary/aromatic N) is 2. The molecule has 1 atom stereocenters. The molecule has 0 amide bonds. The van der Waals surface area contributed by atoms with E-state index in [0.717, 1.165) is 30.5 Å². The summed E-state index contributed by atoms with van der Waals surface area (Å²) in [5, 5.41) is 12.3. The first-order valence-corrected chi connectivity index (χ1v) is 6.70. The molecule has 1 saturated heterocycles. The van der Waals surface area contributed by atoms with E-state index in [9.17, 15) is 0 Å². The standard InChI is InChI=1S/C13H16BrN3/c14-11-3-1-4-12(9-11)17-8-2-7-16-10-13(17)5-6-15/h1,3-4,9,13,16H,2,5,7-8,10H2. The van der Waals surface area contributed by atoms with Gasteiger partial charge in [-0.15, -0.1) is 0 Å². The smallest absolute Gasteiger partial charge is 0.0643 e. The van der Waals surface area contributed by atoms with E-state index in [2.05, 4.69) is 44.3 Å². The molecule has 1 aromatic rings. The van der Waals surface area contributed by atoms with Crippen molar-refractivity contribution in [3.8, 4) is 6.07 Å². The first kappa shape index (κ1) is 12.4. The second kappa shape index (κ2) is 6.04. The Morgan fingerprint density at radius 3 is 3.18 bits per heavy atom. The molecule has 1 aliphatic rings. The minimum atomic E-state index is 0.275. The Labute approximate surface area is 111 Å². The van der Waals surface area contributed by atoms with E-state index in [4.69, 9.17) is 5.26 Å². The molecule has 0 bridgehead atoms. The number of halogens is 1. The molecule has 4 heteroatoms. The summed E-state index contributed by atoms with van der Waals surface area (Å²) in [5.74, 6) is 0. The lowest BCUT2D eigenvalue weighted by molar-refractivity contribution is 0.597. The van der Waals surface area contributed by atoms with Gasteiger partial charge in [-0.2, -0.15) is 5.26 Å². The normalized spacial score (nSPS) is 20.7. The predicted molar refractivity (Wildman–Crippen MR) is 73.0 cm³/mol. The lowest BCUT2D eigenvalue weighted by atomic mass is 10.1. The fourth-order valence-electron chi connectivity index (χ4n) is 2.22. The highest BCUT2D eigenvalue weighted by Gasteiger charge is 2.20. The Morgan fingerprint density at radius 2 is 2.41 bits per heavy atom. The van der Waals surface area contributed by atoms with Crippen molar-refractivity contribution in [3.63, 3.8) is 0 Å². The largest absolute Gasteiger partial charge is 0.366 e. The Kier molecular flexibility index (Phi) is 4.41. The third kappa shape index (κ3) is 3.21. The summed E-state index contributed by atoms with van der Waals surface area (Å²) in [4.78, 5) is 2.34. The third-order valence-electron chi connectivity index (χ3n) is 3.04. The van der Waals surface area contributed by atoms with Gasteiger partial charge in [0.2, 0.25) is 0 Å². The Bertz CT molecular complexity index is 413. The van der Waals surface area contributed by atoms with Gasteiger partial charge < -0.3 is 10.2 Å². The maximum atomic E-state index is 8.92. The van der Waals surface area contributed by atoms with E-state index in [1.165, 1.54) is 5.69 Å². The molecule has 1 heterocycles. The van der Waals surface area contributed by atoms with E-state index in [1.807, 2.05) is 12.1 Å². The maximum Gasteiger partial charge on any atom is 0.0643 e. The van der Waals surface area contributed by atoms with E-state index >= 15 is 0 Å². The minimum Gasteiger partial charge on any atom is -0.366 e. The molecular weight excluding hydrogens is 278 g/mol. The summed E-state index contributed by atoms with van der Waals surface area (Å²) in [6, 6.07) is 10.9. The molecule has 0 spiro atoms. The van der Waals surface area contributed by atoms with E-state index in [1.54, 1.807) is 0 Å². The first-order chi connectivity index (χ1) is 8.31. The van der Waals surface area contributed by atoms with E-state index in [0.29, 0.717) is 6.42 Å². The fraction of sp³-hybridized carbons (Fsp3) is 0.462. The first-order valence-electron chi connectivity index (χ1n) is 5.91. The molecule has 0 saturated carbocycles. The summed E-state index contributed by atoms with van der Waals surface area (Å²) in [6.45, 7) is 2.93. The van der Waals surface area contributed by atoms with Crippen LogP contribution in [0.3, 0.4) is 0 Å². The van der Waals surface area contributed by atoms with Crippen LogP contribution in [0.25, 0.3) is 0 Å². The highest BCUT2D eigenvalue weighted by atomic mass is 79.9. The monoisotopic (exact) mass is 293 g/mol. The van der Waals surface area contributed by atoms with Gasteiger partial charge in [0.05, 0.1) is 18.5 Å². The summed E-state index contributed by atoms with van der Waals surface area (Å²) in [7, 11) is 0. The Hall–Kier alpha value is -1.05. The lowest BCUT2D eigenvalue weighted by Crippen LogP contribution is -2.39. The summed E-state index contributed by atoms with van der Waals surface area (Å²) in [5.41, 5.74) is 1.20. The molecule has 1 aromatic carbocycles. The number of hydrogen-bond acceptors (Lipinski definition) is 3. The van der Waals surface area contributed by atoms with Crippen molar-refractivity contribution in [3.05, 3.63) is 28.7 Å². The van der Waals surface area contributed by atoms with Gasteiger partial charge >= 0.3 is 0 Å². The second-order valence-electron chi connectivity index (χ2n) is 4.25. The van der Waals surface area contributed by atoms with Crippen LogP contribution in [0.2, 0.25) is 0 Å². The number of hydrogen-bond donors (Lipinski definition) is 1. The van der Waals surface area contributed by atoms with Crippen LogP contribution in [0.15, 0.2) is 28.7 Å². The third-order valence-corrected chi connectivity index (χ3v) is 3.53. The van der Waals surface area contributed by atoms with Crippen molar-refractivity contribution in [1.29, 1.82) is 5.26 Å². The molecule has 17 heavy (non-hydrogen) atoms. The van der Waals surface area contributed by atoms with Gasteiger partial charge in [0.25, 0.3) is 0 Å². The van der Waals surface area contributed by atoms with Crippen molar-refractivity contribution in [2.75, 3.05) is 24.5 Å². The van der Waals surface area contributed by atoms with Gasteiger partial charge in [-0.05, 0) is 31.2 Å². The highest BCUT2D eigenvalue weighted by molar-refractivity contribution is 9.10. The number of benzene rings is 1. The second-order valence-corrected chi connectivity index (χ2v) is 5.16. The molecule has 1 aliphatic heterocycles. The Morgan fingerprint density at radius 1 is 1.53 bits per heavy atom. The zero-order valence-electron chi connectivity index (χ0n) is 9.69. The molecule has 0 aliphatic carbocycles. The van der Waals surface area contributed by atoms with Crippen LogP contribution in [-0.2, 0) is 0 Å². The average molecular weight is 294 g/mol. The molecule has 1 unspecified atom stereocenters. The molecule has 2 rings (SSSR count). The molecule has 1 fully saturated rings. The summed E-state index contributed by atoms with van der Waals surface area (Å²) >= 11 is 3.50. The van der Waals surface area contributed by atoms with Crippen molar-refractivity contribution in [2.24, 2.45) is 0 Å². The molecule has 1 N–H and O–H groups in total.